The van der Waals surface area contributed by atoms with Gasteiger partial charge in [-0.15, -0.1) is 0 Å². The number of benzene rings is 1. The Labute approximate surface area is 270 Å². The molecular weight excluding hydrogens is 623 g/mol. The maximum Gasteiger partial charge on any atom is 0.232 e. The fraction of sp³-hybridized carbons (Fsp3) is 0.355. The van der Waals surface area contributed by atoms with E-state index in [0.29, 0.717) is 41.3 Å². The predicted octanol–water partition coefficient (Wildman–Crippen LogP) is 5.66. The van der Waals surface area contributed by atoms with Crippen molar-refractivity contribution in [1.29, 1.82) is 0 Å². The fourth-order valence-electron chi connectivity index (χ4n) is 5.23. The van der Waals surface area contributed by atoms with Gasteiger partial charge in [-0.2, -0.15) is 0 Å². The summed E-state index contributed by atoms with van der Waals surface area (Å²) < 4.78 is 13.8. The first-order chi connectivity index (χ1) is 21.3. The summed E-state index contributed by atoms with van der Waals surface area (Å²) in [6.45, 7) is 3.91. The molecule has 232 valence electrons. The molecule has 5 heterocycles. The number of carbonyl (C=O) groups is 1. The number of ether oxygens (including phenoxy) is 1. The fourth-order valence-corrected chi connectivity index (χ4v) is 6.62. The zero-order valence-corrected chi connectivity index (χ0v) is 26.8. The Morgan fingerprint density at radius 1 is 1.16 bits per heavy atom. The molecule has 1 aromatic carbocycles. The van der Waals surface area contributed by atoms with Crippen LogP contribution < -0.4 is 25.1 Å². The summed E-state index contributed by atoms with van der Waals surface area (Å²) in [5, 5.41) is 0.968. The van der Waals surface area contributed by atoms with Crippen LogP contribution in [0, 0.1) is 0 Å². The molecule has 2 N–H and O–H groups in total. The number of rotatable bonds is 9. The smallest absolute Gasteiger partial charge is 0.232 e. The van der Waals surface area contributed by atoms with Crippen LogP contribution in [-0.2, 0) is 4.29 Å². The lowest BCUT2D eigenvalue weighted by molar-refractivity contribution is 0.0980. The predicted molar refractivity (Wildman–Crippen MR) is 178 cm³/mol. The lowest BCUT2D eigenvalue weighted by Crippen LogP contribution is -2.56. The number of anilines is 2. The molecule has 2 aliphatic rings. The van der Waals surface area contributed by atoms with Crippen molar-refractivity contribution in [2.75, 3.05) is 41.8 Å². The highest BCUT2D eigenvalue weighted by molar-refractivity contribution is 8.00. The first-order valence-electron chi connectivity index (χ1n) is 14.3. The molecule has 1 atom stereocenters. The number of carbonyl (C=O) groups excluding carboxylic acids is 1. The van der Waals surface area contributed by atoms with E-state index >= 15 is 0 Å². The average Bonchev–Trinajstić information content (AvgIpc) is 3.48. The number of Topliss-reactive ketones (excluding diaryl/α,β-unsaturated/α-hetero) is 1. The number of hydrogen-bond acceptors (Lipinski definition) is 10. The van der Waals surface area contributed by atoms with Gasteiger partial charge in [-0.3, -0.25) is 13.9 Å². The first kappa shape index (κ1) is 32.1. The highest BCUT2D eigenvalue weighted by Gasteiger charge is 2.28. The SMILES string of the molecule is CCCC(=O)c1cn(-c2ccc(N3CC(N)C3)nc2)c2cc(N3SCCC3COc3ncccc3Cl)ccc2c1=O.COCl. The molecule has 2 fully saturated rings. The average molecular weight is 658 g/mol. The van der Waals surface area contributed by atoms with Crippen molar-refractivity contribution in [3.8, 4) is 11.6 Å². The van der Waals surface area contributed by atoms with Gasteiger partial charge >= 0.3 is 0 Å². The van der Waals surface area contributed by atoms with Gasteiger partial charge in [0.2, 0.25) is 5.88 Å². The second-order valence-electron chi connectivity index (χ2n) is 10.5. The van der Waals surface area contributed by atoms with E-state index < -0.39 is 0 Å². The molecule has 1 unspecified atom stereocenters. The normalized spacial score (nSPS) is 16.4. The third-order valence-electron chi connectivity index (χ3n) is 7.41. The third-order valence-corrected chi connectivity index (χ3v) is 8.91. The van der Waals surface area contributed by atoms with Gasteiger partial charge in [0.05, 0.1) is 48.0 Å². The number of aromatic nitrogens is 3. The number of fused-ring (bicyclic) bond motifs is 1. The summed E-state index contributed by atoms with van der Waals surface area (Å²) in [7, 11) is 1.39. The number of hydrogen-bond donors (Lipinski definition) is 1. The van der Waals surface area contributed by atoms with Gasteiger partial charge in [-0.1, -0.05) is 18.5 Å². The Morgan fingerprint density at radius 3 is 2.61 bits per heavy atom. The largest absolute Gasteiger partial charge is 0.474 e. The molecule has 0 bridgehead atoms. The minimum absolute atomic E-state index is 0.0879. The highest BCUT2D eigenvalue weighted by atomic mass is 35.5. The van der Waals surface area contributed by atoms with Gasteiger partial charge < -0.3 is 24.2 Å². The quantitative estimate of drug-likeness (QED) is 0.179. The molecular formula is C31H34Cl2N6O4S. The summed E-state index contributed by atoms with van der Waals surface area (Å²) in [4.78, 5) is 37.5. The Kier molecular flexibility index (Phi) is 10.7. The second-order valence-corrected chi connectivity index (χ2v) is 12.3. The topological polar surface area (TPSA) is 116 Å². The number of nitrogens with two attached hydrogens (primary N) is 1. The molecule has 0 aliphatic carbocycles. The lowest BCUT2D eigenvalue weighted by atomic mass is 10.0. The van der Waals surface area contributed by atoms with Crippen molar-refractivity contribution in [3.05, 3.63) is 81.9 Å². The van der Waals surface area contributed by atoms with E-state index in [0.717, 1.165) is 42.5 Å². The Balaban J connectivity index is 0.00000123. The lowest BCUT2D eigenvalue weighted by Gasteiger charge is -2.37. The van der Waals surface area contributed by atoms with Crippen LogP contribution in [0.1, 0.15) is 36.5 Å². The zero-order valence-electron chi connectivity index (χ0n) is 24.5. The van der Waals surface area contributed by atoms with Gasteiger partial charge in [0.1, 0.15) is 17.4 Å². The minimum Gasteiger partial charge on any atom is -0.474 e. The van der Waals surface area contributed by atoms with Crippen molar-refractivity contribution < 1.29 is 13.8 Å². The van der Waals surface area contributed by atoms with Crippen LogP contribution in [0.4, 0.5) is 11.5 Å². The number of nitrogens with zero attached hydrogens (tertiary/aromatic N) is 5. The van der Waals surface area contributed by atoms with Crippen LogP contribution in [0.5, 0.6) is 5.88 Å². The number of pyridine rings is 3. The maximum absolute atomic E-state index is 13.5. The van der Waals surface area contributed by atoms with E-state index in [9.17, 15) is 9.59 Å². The highest BCUT2D eigenvalue weighted by Crippen LogP contribution is 2.36. The molecule has 0 amide bonds. The Hall–Kier alpha value is -3.35. The van der Waals surface area contributed by atoms with Crippen LogP contribution >= 0.6 is 35.4 Å². The molecule has 44 heavy (non-hydrogen) atoms. The van der Waals surface area contributed by atoms with Crippen molar-refractivity contribution in [2.24, 2.45) is 5.73 Å². The monoisotopic (exact) mass is 656 g/mol. The number of halogens is 2. The van der Waals surface area contributed by atoms with Gasteiger partial charge in [0.25, 0.3) is 0 Å². The Morgan fingerprint density at radius 2 is 1.93 bits per heavy atom. The molecule has 6 rings (SSSR count). The molecule has 0 saturated carbocycles. The molecule has 13 heteroatoms. The van der Waals surface area contributed by atoms with Crippen molar-refractivity contribution in [2.45, 2.75) is 38.3 Å². The molecule has 2 aliphatic heterocycles. The van der Waals surface area contributed by atoms with Crippen molar-refractivity contribution in [1.82, 2.24) is 14.5 Å². The van der Waals surface area contributed by atoms with E-state index in [-0.39, 0.29) is 28.9 Å². The van der Waals surface area contributed by atoms with E-state index in [1.807, 2.05) is 41.8 Å². The summed E-state index contributed by atoms with van der Waals surface area (Å²) in [5.74, 6) is 2.05. The third kappa shape index (κ3) is 6.97. The standard InChI is InChI=1S/C30H31ClN6O3S.CH3ClO/c1-2-4-27(38)24-17-36(21-7-9-28(34-14-21)35-15-19(32)16-35)26-13-20(6-8-23(26)29(24)39)37-22(10-12-41-37)18-40-30-25(31)5-3-11-33-30;1-3-2/h3,5-9,11,13-14,17,19,22H,2,4,10,12,15-16,18,32H2,1H3;1H3. The first-order valence-corrected chi connectivity index (χ1v) is 16.0. The number of ketones is 1. The summed E-state index contributed by atoms with van der Waals surface area (Å²) in [5.41, 5.74) is 8.31. The van der Waals surface area contributed by atoms with Crippen LogP contribution in [0.2, 0.25) is 5.02 Å². The maximum atomic E-state index is 13.5. The van der Waals surface area contributed by atoms with Crippen molar-refractivity contribution >= 4 is 63.6 Å². The van der Waals surface area contributed by atoms with Gasteiger partial charge in [0.15, 0.2) is 11.2 Å². The molecule has 10 nitrogen and oxygen atoms in total. The van der Waals surface area contributed by atoms with E-state index in [4.69, 9.17) is 22.1 Å². The molecule has 2 saturated heterocycles. The van der Waals surface area contributed by atoms with Crippen LogP contribution in [0.3, 0.4) is 0 Å². The van der Waals surface area contributed by atoms with Crippen LogP contribution in [0.15, 0.2) is 65.8 Å². The summed E-state index contributed by atoms with van der Waals surface area (Å²) in [6.07, 6.45) is 7.02. The zero-order chi connectivity index (χ0) is 31.2. The van der Waals surface area contributed by atoms with Gasteiger partial charge in [0, 0.05) is 54.8 Å². The minimum atomic E-state index is -0.251. The van der Waals surface area contributed by atoms with Crippen LogP contribution in [-0.4, -0.2) is 65.0 Å². The molecule has 4 aromatic rings. The summed E-state index contributed by atoms with van der Waals surface area (Å²) >= 11 is 12.5. The van der Waals surface area contributed by atoms with Crippen LogP contribution in [0.25, 0.3) is 16.6 Å². The Bertz CT molecular complexity index is 1670. The van der Waals surface area contributed by atoms with Crippen molar-refractivity contribution in [3.63, 3.8) is 0 Å². The summed E-state index contributed by atoms with van der Waals surface area (Å²) in [6, 6.07) is 13.5. The van der Waals surface area contributed by atoms with E-state index in [1.165, 1.54) is 7.11 Å². The van der Waals surface area contributed by atoms with Gasteiger partial charge in [-0.25, -0.2) is 9.97 Å². The molecule has 0 radical (unpaired) electrons. The second kappa shape index (κ2) is 14.6. The molecule has 0 spiro atoms. The van der Waals surface area contributed by atoms with Gasteiger partial charge in [-0.05, 0) is 67.3 Å². The molecule has 3 aromatic heterocycles. The van der Waals surface area contributed by atoms with E-state index in [2.05, 4.69) is 35.3 Å². The van der Waals surface area contributed by atoms with E-state index in [1.54, 1.807) is 42.7 Å².